The molecule has 0 amide bonds. The Morgan fingerprint density at radius 3 is 2.33 bits per heavy atom. The van der Waals surface area contributed by atoms with Crippen molar-refractivity contribution in [1.82, 2.24) is 4.98 Å². The van der Waals surface area contributed by atoms with Crippen LogP contribution in [-0.4, -0.2) is 4.98 Å². The standard InChI is InChI=1S/C16H10BrF2NS/c17-12-3-1-11(2-4-12)15-9-21-16(20-15)7-10-5-13(18)8-14(19)6-10/h1-6,8-9H,7H2. The van der Waals surface area contributed by atoms with Crippen molar-refractivity contribution in [2.75, 3.05) is 0 Å². The quantitative estimate of drug-likeness (QED) is 0.601. The smallest absolute Gasteiger partial charge is 0.126 e. The number of hydrogen-bond donors (Lipinski definition) is 0. The van der Waals surface area contributed by atoms with E-state index in [4.69, 9.17) is 0 Å². The fraction of sp³-hybridized carbons (Fsp3) is 0.0625. The van der Waals surface area contributed by atoms with Crippen molar-refractivity contribution >= 4 is 27.3 Å². The van der Waals surface area contributed by atoms with Crippen LogP contribution in [0.3, 0.4) is 0 Å². The number of nitrogens with zero attached hydrogens (tertiary/aromatic N) is 1. The first-order valence-electron chi connectivity index (χ1n) is 6.25. The third kappa shape index (κ3) is 3.54. The van der Waals surface area contributed by atoms with E-state index in [1.54, 1.807) is 0 Å². The van der Waals surface area contributed by atoms with E-state index >= 15 is 0 Å². The Labute approximate surface area is 133 Å². The maximum absolute atomic E-state index is 13.2. The summed E-state index contributed by atoms with van der Waals surface area (Å²) in [5, 5.41) is 2.78. The van der Waals surface area contributed by atoms with Crippen molar-refractivity contribution in [1.29, 1.82) is 0 Å². The number of hydrogen-bond acceptors (Lipinski definition) is 2. The third-order valence-corrected chi connectivity index (χ3v) is 4.35. The van der Waals surface area contributed by atoms with Crippen molar-refractivity contribution in [2.45, 2.75) is 6.42 Å². The van der Waals surface area contributed by atoms with Crippen LogP contribution in [0.15, 0.2) is 52.3 Å². The molecule has 0 N–H and O–H groups in total. The van der Waals surface area contributed by atoms with Gasteiger partial charge in [-0.2, -0.15) is 0 Å². The van der Waals surface area contributed by atoms with E-state index < -0.39 is 11.6 Å². The topological polar surface area (TPSA) is 12.9 Å². The second-order valence-electron chi connectivity index (χ2n) is 4.59. The average molecular weight is 366 g/mol. The van der Waals surface area contributed by atoms with Crippen LogP contribution in [0.5, 0.6) is 0 Å². The van der Waals surface area contributed by atoms with Gasteiger partial charge in [0.2, 0.25) is 0 Å². The monoisotopic (exact) mass is 365 g/mol. The van der Waals surface area contributed by atoms with E-state index in [9.17, 15) is 8.78 Å². The van der Waals surface area contributed by atoms with Crippen molar-refractivity contribution in [3.8, 4) is 11.3 Å². The highest BCUT2D eigenvalue weighted by Crippen LogP contribution is 2.25. The lowest BCUT2D eigenvalue weighted by molar-refractivity contribution is 0.580. The molecule has 0 spiro atoms. The lowest BCUT2D eigenvalue weighted by Gasteiger charge is -1.99. The first-order chi connectivity index (χ1) is 10.1. The molecule has 2 aromatic carbocycles. The molecule has 0 aliphatic carbocycles. The highest BCUT2D eigenvalue weighted by molar-refractivity contribution is 9.10. The molecule has 3 rings (SSSR count). The van der Waals surface area contributed by atoms with Crippen LogP contribution < -0.4 is 0 Å². The predicted molar refractivity (Wildman–Crippen MR) is 84.4 cm³/mol. The number of benzene rings is 2. The molecular formula is C16H10BrF2NS. The zero-order valence-corrected chi connectivity index (χ0v) is 13.2. The molecule has 0 atom stereocenters. The van der Waals surface area contributed by atoms with Gasteiger partial charge >= 0.3 is 0 Å². The van der Waals surface area contributed by atoms with E-state index in [0.717, 1.165) is 26.8 Å². The van der Waals surface area contributed by atoms with Crippen molar-refractivity contribution in [3.63, 3.8) is 0 Å². The van der Waals surface area contributed by atoms with Gasteiger partial charge in [-0.3, -0.25) is 0 Å². The van der Waals surface area contributed by atoms with Gasteiger partial charge in [-0.05, 0) is 29.8 Å². The normalized spacial score (nSPS) is 10.8. The highest BCUT2D eigenvalue weighted by Gasteiger charge is 2.07. The van der Waals surface area contributed by atoms with E-state index in [0.29, 0.717) is 12.0 Å². The van der Waals surface area contributed by atoms with Crippen LogP contribution in [0.25, 0.3) is 11.3 Å². The Morgan fingerprint density at radius 1 is 1.00 bits per heavy atom. The van der Waals surface area contributed by atoms with E-state index in [-0.39, 0.29) is 0 Å². The van der Waals surface area contributed by atoms with Gasteiger partial charge in [0.05, 0.1) is 10.7 Å². The number of halogens is 3. The largest absolute Gasteiger partial charge is 0.241 e. The van der Waals surface area contributed by atoms with E-state index in [1.807, 2.05) is 29.6 Å². The SMILES string of the molecule is Fc1cc(F)cc(Cc2nc(-c3ccc(Br)cc3)cs2)c1. The fourth-order valence-electron chi connectivity index (χ4n) is 2.03. The third-order valence-electron chi connectivity index (χ3n) is 2.97. The molecule has 0 saturated heterocycles. The zero-order valence-electron chi connectivity index (χ0n) is 10.8. The van der Waals surface area contributed by atoms with Crippen molar-refractivity contribution in [3.05, 3.63) is 74.5 Å². The first-order valence-corrected chi connectivity index (χ1v) is 7.93. The van der Waals surface area contributed by atoms with Crippen molar-refractivity contribution in [2.24, 2.45) is 0 Å². The van der Waals surface area contributed by atoms with Gasteiger partial charge in [0.25, 0.3) is 0 Å². The van der Waals surface area contributed by atoms with Gasteiger partial charge in [0, 0.05) is 27.9 Å². The Bertz CT molecular complexity index is 748. The molecule has 0 radical (unpaired) electrons. The summed E-state index contributed by atoms with van der Waals surface area (Å²) in [6.07, 6.45) is 0.426. The molecule has 0 aliphatic heterocycles. The van der Waals surface area contributed by atoms with E-state index in [1.165, 1.54) is 23.5 Å². The molecule has 1 aromatic heterocycles. The van der Waals surface area contributed by atoms with Gasteiger partial charge in [0.1, 0.15) is 11.6 Å². The average Bonchev–Trinajstić information content (AvgIpc) is 2.87. The Morgan fingerprint density at radius 2 is 1.67 bits per heavy atom. The molecule has 0 saturated carbocycles. The molecule has 3 aromatic rings. The number of aromatic nitrogens is 1. The second-order valence-corrected chi connectivity index (χ2v) is 6.45. The van der Waals surface area contributed by atoms with Crippen LogP contribution >= 0.6 is 27.3 Å². The Kier molecular flexibility index (Phi) is 4.12. The van der Waals surface area contributed by atoms with Crippen LogP contribution in [0, 0.1) is 11.6 Å². The molecule has 5 heteroatoms. The minimum atomic E-state index is -0.560. The van der Waals surface area contributed by atoms with Gasteiger partial charge in [-0.1, -0.05) is 28.1 Å². The van der Waals surface area contributed by atoms with E-state index in [2.05, 4.69) is 20.9 Å². The van der Waals surface area contributed by atoms with Gasteiger partial charge in [-0.25, -0.2) is 13.8 Å². The Hall–Kier alpha value is -1.59. The molecule has 0 bridgehead atoms. The van der Waals surface area contributed by atoms with Crippen LogP contribution in [0.2, 0.25) is 0 Å². The van der Waals surface area contributed by atoms with Crippen molar-refractivity contribution < 1.29 is 8.78 Å². The summed E-state index contributed by atoms with van der Waals surface area (Å²) in [6.45, 7) is 0. The lowest BCUT2D eigenvalue weighted by Crippen LogP contribution is -1.91. The summed E-state index contributed by atoms with van der Waals surface area (Å²) < 4.78 is 27.4. The molecule has 106 valence electrons. The fourth-order valence-corrected chi connectivity index (χ4v) is 3.13. The first kappa shape index (κ1) is 14.4. The maximum atomic E-state index is 13.2. The number of rotatable bonds is 3. The van der Waals surface area contributed by atoms with Gasteiger partial charge in [0.15, 0.2) is 0 Å². The summed E-state index contributed by atoms with van der Waals surface area (Å²) >= 11 is 4.88. The Balaban J connectivity index is 1.83. The summed E-state index contributed by atoms with van der Waals surface area (Å²) in [6, 6.07) is 11.4. The maximum Gasteiger partial charge on any atom is 0.126 e. The van der Waals surface area contributed by atoms with Crippen LogP contribution in [0.4, 0.5) is 8.78 Å². The van der Waals surface area contributed by atoms with Crippen LogP contribution in [0.1, 0.15) is 10.6 Å². The van der Waals surface area contributed by atoms with Gasteiger partial charge < -0.3 is 0 Å². The van der Waals surface area contributed by atoms with Crippen LogP contribution in [-0.2, 0) is 6.42 Å². The minimum absolute atomic E-state index is 0.426. The number of thiazole rings is 1. The lowest BCUT2D eigenvalue weighted by atomic mass is 10.1. The van der Waals surface area contributed by atoms with Gasteiger partial charge in [-0.15, -0.1) is 11.3 Å². The zero-order chi connectivity index (χ0) is 14.8. The summed E-state index contributed by atoms with van der Waals surface area (Å²) in [5.74, 6) is -1.12. The predicted octanol–water partition coefficient (Wildman–Crippen LogP) is 5.44. The summed E-state index contributed by atoms with van der Waals surface area (Å²) in [7, 11) is 0. The molecule has 0 fully saturated rings. The molecular weight excluding hydrogens is 356 g/mol. The molecule has 1 heterocycles. The molecule has 1 nitrogen and oxygen atoms in total. The summed E-state index contributed by atoms with van der Waals surface area (Å²) in [5.41, 5.74) is 2.48. The molecule has 0 aliphatic rings. The second kappa shape index (κ2) is 6.03. The highest BCUT2D eigenvalue weighted by atomic mass is 79.9. The molecule has 0 unspecified atom stereocenters. The summed E-state index contributed by atoms with van der Waals surface area (Å²) in [4.78, 5) is 4.52. The minimum Gasteiger partial charge on any atom is -0.241 e. The molecule has 21 heavy (non-hydrogen) atoms.